The van der Waals surface area contributed by atoms with E-state index in [9.17, 15) is 0 Å². The number of nitrogens with zero attached hydrogens (tertiary/aromatic N) is 4. The summed E-state index contributed by atoms with van der Waals surface area (Å²) >= 11 is 0. The van der Waals surface area contributed by atoms with Gasteiger partial charge in [-0.2, -0.15) is 80.1 Å². The SMILES string of the molecule is [CH2-]c1ccccc1.[CH2-]c1ccccc1.[CH2-]c1ccccc1.[Zr].c1ccc(C[N-]C([N-]C2CCCCC2)n2ccnc2)cc1. The first-order chi connectivity index (χ1) is 20.6. The Labute approximate surface area is 279 Å². The third-order valence-electron chi connectivity index (χ3n) is 6.52. The molecule has 5 aromatic rings. The molecule has 43 heavy (non-hydrogen) atoms. The standard InChI is InChI=1S/C17H22N4.3C7H7.Zr/c1-3-7-15(8-4-1)13-19-17(21-12-11-18-14-21)20-16-9-5-2-6-10-16;3*1-7-5-3-2-4-6-7;/h1,3-4,7-8,11-12,14,16-17H,2,5-6,9-10,13H2;3*2-6H,1H2;/q-2;3*-1;. The van der Waals surface area contributed by atoms with Gasteiger partial charge in [-0.25, -0.2) is 4.98 Å². The second-order valence-electron chi connectivity index (χ2n) is 10.1. The first-order valence-corrected chi connectivity index (χ1v) is 14.6. The average molecular weight is 647 g/mol. The second-order valence-corrected chi connectivity index (χ2v) is 10.1. The summed E-state index contributed by atoms with van der Waals surface area (Å²) in [6.07, 6.45) is 11.8. The van der Waals surface area contributed by atoms with Crippen molar-refractivity contribution >= 4 is 0 Å². The van der Waals surface area contributed by atoms with Crippen molar-refractivity contribution in [2.45, 2.75) is 51.0 Å². The Morgan fingerprint density at radius 1 is 0.651 bits per heavy atom. The zero-order valence-electron chi connectivity index (χ0n) is 25.1. The maximum atomic E-state index is 4.95. The van der Waals surface area contributed by atoms with Crippen molar-refractivity contribution in [1.82, 2.24) is 9.55 Å². The molecule has 0 saturated heterocycles. The van der Waals surface area contributed by atoms with Crippen LogP contribution in [0.2, 0.25) is 0 Å². The van der Waals surface area contributed by atoms with Gasteiger partial charge in [-0.15, -0.1) is 49.0 Å². The monoisotopic (exact) mass is 645 g/mol. The Morgan fingerprint density at radius 3 is 1.47 bits per heavy atom. The maximum absolute atomic E-state index is 4.95. The van der Waals surface area contributed by atoms with Crippen LogP contribution in [0.1, 0.15) is 60.6 Å². The molecule has 0 aliphatic heterocycles. The zero-order valence-corrected chi connectivity index (χ0v) is 27.5. The number of benzene rings is 4. The van der Waals surface area contributed by atoms with Gasteiger partial charge in [-0.05, 0) is 0 Å². The van der Waals surface area contributed by atoms with E-state index in [1.54, 1.807) is 6.20 Å². The summed E-state index contributed by atoms with van der Waals surface area (Å²) < 4.78 is 2.00. The minimum Gasteiger partial charge on any atom is -0.658 e. The van der Waals surface area contributed by atoms with Gasteiger partial charge in [0.1, 0.15) is 0 Å². The molecular weight excluding hydrogens is 604 g/mol. The molecule has 1 unspecified atom stereocenters. The Balaban J connectivity index is 0.000000239. The second kappa shape index (κ2) is 22.1. The fraction of sp³-hybridized carbons (Fsp3) is 0.211. The van der Waals surface area contributed by atoms with E-state index in [1.807, 2.05) is 114 Å². The molecule has 1 saturated carbocycles. The van der Waals surface area contributed by atoms with Crippen LogP contribution in [0.15, 0.2) is 140 Å². The van der Waals surface area contributed by atoms with Crippen LogP contribution in [-0.2, 0) is 32.7 Å². The van der Waals surface area contributed by atoms with Crippen LogP contribution in [-0.4, -0.2) is 15.6 Å². The molecular formula is C38H43N4Zr-5. The fourth-order valence-corrected chi connectivity index (χ4v) is 4.25. The summed E-state index contributed by atoms with van der Waals surface area (Å²) in [6.45, 7) is 11.9. The van der Waals surface area contributed by atoms with Gasteiger partial charge in [0, 0.05) is 38.6 Å². The van der Waals surface area contributed by atoms with Crippen molar-refractivity contribution in [2.75, 3.05) is 0 Å². The quantitative estimate of drug-likeness (QED) is 0.169. The normalized spacial score (nSPS) is 12.8. The fourth-order valence-electron chi connectivity index (χ4n) is 4.25. The summed E-state index contributed by atoms with van der Waals surface area (Å²) in [6, 6.07) is 40.4. The molecule has 224 valence electrons. The maximum Gasteiger partial charge on any atom is 0.0916 e. The van der Waals surface area contributed by atoms with Gasteiger partial charge in [0.25, 0.3) is 0 Å². The van der Waals surface area contributed by atoms with Crippen molar-refractivity contribution in [1.29, 1.82) is 0 Å². The molecule has 0 radical (unpaired) electrons. The van der Waals surface area contributed by atoms with Crippen LogP contribution in [0.25, 0.3) is 10.6 Å². The smallest absolute Gasteiger partial charge is 0.0916 e. The van der Waals surface area contributed by atoms with Crippen LogP contribution in [0.4, 0.5) is 0 Å². The molecule has 4 aromatic carbocycles. The van der Waals surface area contributed by atoms with Crippen LogP contribution in [0.3, 0.4) is 0 Å². The molecule has 1 atom stereocenters. The van der Waals surface area contributed by atoms with Gasteiger partial charge < -0.3 is 15.2 Å². The minimum absolute atomic E-state index is 0. The Kier molecular flexibility index (Phi) is 18.3. The van der Waals surface area contributed by atoms with E-state index < -0.39 is 0 Å². The van der Waals surface area contributed by atoms with Crippen LogP contribution in [0, 0.1) is 20.8 Å². The minimum atomic E-state index is -0.143. The van der Waals surface area contributed by atoms with Gasteiger partial charge in [0.15, 0.2) is 0 Å². The van der Waals surface area contributed by atoms with Crippen molar-refractivity contribution in [3.63, 3.8) is 0 Å². The predicted molar refractivity (Wildman–Crippen MR) is 178 cm³/mol. The molecule has 1 heterocycles. The molecule has 1 fully saturated rings. The van der Waals surface area contributed by atoms with Crippen molar-refractivity contribution < 1.29 is 26.2 Å². The number of aromatic nitrogens is 2. The van der Waals surface area contributed by atoms with Gasteiger partial charge in [-0.1, -0.05) is 86.2 Å². The molecule has 0 bridgehead atoms. The number of imidazole rings is 1. The van der Waals surface area contributed by atoms with Gasteiger partial charge in [0.05, 0.1) is 6.33 Å². The number of hydrogen-bond donors (Lipinski definition) is 0. The van der Waals surface area contributed by atoms with E-state index in [-0.39, 0.29) is 32.5 Å². The van der Waals surface area contributed by atoms with E-state index in [4.69, 9.17) is 10.6 Å². The molecule has 0 amide bonds. The van der Waals surface area contributed by atoms with E-state index in [2.05, 4.69) is 50.0 Å². The zero-order chi connectivity index (χ0) is 29.7. The van der Waals surface area contributed by atoms with E-state index >= 15 is 0 Å². The van der Waals surface area contributed by atoms with E-state index in [0.717, 1.165) is 16.7 Å². The first-order valence-electron chi connectivity index (χ1n) is 14.6. The Hall–Kier alpha value is -3.50. The van der Waals surface area contributed by atoms with Crippen molar-refractivity contribution in [3.05, 3.63) is 194 Å². The summed E-state index contributed by atoms with van der Waals surface area (Å²) in [5.41, 5.74) is 4.44. The topological polar surface area (TPSA) is 46.0 Å². The molecule has 1 aliphatic carbocycles. The van der Waals surface area contributed by atoms with Crippen LogP contribution >= 0.6 is 0 Å². The number of hydrogen-bond acceptors (Lipinski definition) is 1. The molecule has 0 spiro atoms. The summed E-state index contributed by atoms with van der Waals surface area (Å²) in [4.78, 5) is 4.13. The van der Waals surface area contributed by atoms with Gasteiger partial charge in [-0.3, -0.25) is 0 Å². The van der Waals surface area contributed by atoms with Gasteiger partial charge in [0.2, 0.25) is 0 Å². The van der Waals surface area contributed by atoms with Crippen LogP contribution in [0.5, 0.6) is 0 Å². The average Bonchev–Trinajstić information content (AvgIpc) is 3.58. The summed E-state index contributed by atoms with van der Waals surface area (Å²) in [7, 11) is 0. The molecule has 5 heteroatoms. The van der Waals surface area contributed by atoms with E-state index in [0.29, 0.717) is 12.6 Å². The third kappa shape index (κ3) is 16.1. The third-order valence-corrected chi connectivity index (χ3v) is 6.52. The molecule has 0 N–H and O–H groups in total. The largest absolute Gasteiger partial charge is 0.658 e. The Bertz CT molecular complexity index is 1200. The molecule has 1 aliphatic rings. The first kappa shape index (κ1) is 35.7. The van der Waals surface area contributed by atoms with Crippen molar-refractivity contribution in [3.8, 4) is 0 Å². The Morgan fingerprint density at radius 2 is 1.09 bits per heavy atom. The van der Waals surface area contributed by atoms with Crippen LogP contribution < -0.4 is 0 Å². The van der Waals surface area contributed by atoms with Gasteiger partial charge >= 0.3 is 0 Å². The molecule has 6 rings (SSSR count). The summed E-state index contributed by atoms with van der Waals surface area (Å²) in [5.74, 6) is 0. The number of rotatable bonds is 6. The molecule has 4 nitrogen and oxygen atoms in total. The summed E-state index contributed by atoms with van der Waals surface area (Å²) in [5, 5.41) is 9.74. The predicted octanol–water partition coefficient (Wildman–Crippen LogP) is 10.2. The van der Waals surface area contributed by atoms with Crippen molar-refractivity contribution in [2.24, 2.45) is 0 Å². The van der Waals surface area contributed by atoms with E-state index in [1.165, 1.54) is 37.7 Å². The molecule has 1 aromatic heterocycles.